The minimum atomic E-state index is -2.58. The Hall–Kier alpha value is -4.09. The fourth-order valence-electron chi connectivity index (χ4n) is 6.64. The van der Waals surface area contributed by atoms with E-state index in [1.807, 2.05) is 133 Å². The average molecular weight is 763 g/mol. The first-order valence-corrected chi connectivity index (χ1v) is 19.3. The van der Waals surface area contributed by atoms with E-state index in [2.05, 4.69) is 18.2 Å². The molecule has 0 atom stereocenters. The van der Waals surface area contributed by atoms with Gasteiger partial charge in [-0.3, -0.25) is 0 Å². The van der Waals surface area contributed by atoms with E-state index in [9.17, 15) is 10.0 Å². The molecule has 8 rings (SSSR count). The molecule has 0 heterocycles. The number of rotatable bonds is 6. The van der Waals surface area contributed by atoms with Gasteiger partial charge in [-0.25, -0.2) is 0 Å². The van der Waals surface area contributed by atoms with Gasteiger partial charge in [-0.05, 0) is 93.7 Å². The summed E-state index contributed by atoms with van der Waals surface area (Å²) in [5.74, 6) is 0.341. The van der Waals surface area contributed by atoms with Gasteiger partial charge in [0.2, 0.25) is 0 Å². The Morgan fingerprint density at radius 1 is 0.412 bits per heavy atom. The molecule has 0 aliphatic carbocycles. The largest absolute Gasteiger partial charge is 0.860 e. The van der Waals surface area contributed by atoms with Crippen LogP contribution in [0.1, 0.15) is 0 Å². The fourth-order valence-corrected chi connectivity index (χ4v) is 13.1. The highest BCUT2D eigenvalue weighted by Crippen LogP contribution is 2.59. The lowest BCUT2D eigenvalue weighted by atomic mass is 9.97. The van der Waals surface area contributed by atoms with E-state index in [0.29, 0.717) is 25.8 Å². The lowest BCUT2D eigenvalue weighted by Crippen LogP contribution is -2.50. The summed E-state index contributed by atoms with van der Waals surface area (Å²) in [6.45, 7) is 0. The molecule has 0 bridgehead atoms. The van der Waals surface area contributed by atoms with Crippen LogP contribution >= 0.6 is 53.7 Å². The second kappa shape index (κ2) is 15.3. The van der Waals surface area contributed by atoms with Crippen molar-refractivity contribution in [1.29, 1.82) is 0 Å². The zero-order valence-electron chi connectivity index (χ0n) is 26.8. The summed E-state index contributed by atoms with van der Waals surface area (Å²) < 4.78 is 4.94. The van der Waals surface area contributed by atoms with E-state index in [0.717, 1.165) is 53.5 Å². The second-order valence-corrected chi connectivity index (χ2v) is 16.6. The molecule has 250 valence electrons. The molecule has 0 N–H and O–H groups in total. The van der Waals surface area contributed by atoms with Gasteiger partial charge in [0.1, 0.15) is 34.3 Å². The van der Waals surface area contributed by atoms with Gasteiger partial charge in [0.05, 0.1) is 20.1 Å². The monoisotopic (exact) mass is 761 g/mol. The summed E-state index contributed by atoms with van der Waals surface area (Å²) in [6.07, 6.45) is 0. The second-order valence-electron chi connectivity index (χ2n) is 11.7. The predicted molar refractivity (Wildman–Crippen MR) is 217 cm³/mol. The molecule has 0 saturated carbocycles. The van der Waals surface area contributed by atoms with Crippen LogP contribution in [0.25, 0.3) is 32.3 Å². The van der Waals surface area contributed by atoms with Gasteiger partial charge in [-0.15, -0.1) is 0 Å². The Morgan fingerprint density at radius 3 is 1.25 bits per heavy atom. The third kappa shape index (κ3) is 6.82. The molecule has 9 heteroatoms. The van der Waals surface area contributed by atoms with E-state index in [4.69, 9.17) is 51.1 Å². The lowest BCUT2D eigenvalue weighted by Gasteiger charge is -2.30. The summed E-state index contributed by atoms with van der Waals surface area (Å²) in [6, 6.07) is 53.1. The van der Waals surface area contributed by atoms with Crippen LogP contribution in [-0.4, -0.2) is 7.32 Å². The minimum absolute atomic E-state index is 0.341. The highest BCUT2D eigenvalue weighted by Gasteiger charge is 2.53. The molecule has 0 unspecified atom stereocenters. The Kier molecular flexibility index (Phi) is 10.6. The molecule has 0 amide bonds. The number of hydrogen-bond donors (Lipinski definition) is 0. The van der Waals surface area contributed by atoms with Crippen molar-refractivity contribution in [3.63, 3.8) is 0 Å². The van der Waals surface area contributed by atoms with E-state index >= 15 is 0 Å². The molecule has 0 aliphatic heterocycles. The highest BCUT2D eigenvalue weighted by atomic mass is 35.5. The molecule has 8 aromatic rings. The molecule has 0 aromatic heterocycles. The van der Waals surface area contributed by atoms with Gasteiger partial charge in [0, 0.05) is 5.39 Å². The fraction of sp³-hybridized carbons (Fsp3) is 0. The first-order chi connectivity index (χ1) is 24.8. The average Bonchev–Trinajstić information content (AvgIpc) is 3.13. The maximum Gasteiger partial charge on any atom is 0.150 e. The molecule has 51 heavy (non-hydrogen) atoms. The zero-order valence-corrected chi connectivity index (χ0v) is 30.8. The van der Waals surface area contributed by atoms with Gasteiger partial charge in [-0.2, -0.15) is 0 Å². The van der Waals surface area contributed by atoms with E-state index in [1.165, 1.54) is 0 Å². The standard InChI is InChI=1S/C24H16Cl4P.C18H11BO3/c25-17-9-1-5-13-21(17)29(22-14-6-2-10-18(22)26,23-15-7-3-11-19(23)27)24-16-8-4-12-20(24)28;20-19(21)22-17-7-3-6-12-8-9-15-10-13-4-1-2-5-14(13)11-16(15)18(12)17/h1-16H;1-11H/q+1;-2. The SMILES string of the molecule is Clc1ccccc1[P+](c1ccccc1Cl)(c1ccccc1Cl)c1ccccc1Cl.[O-]B([O-])Oc1cccc2ccc3cc4ccccc4cc3c12. The van der Waals surface area contributed by atoms with Crippen LogP contribution < -0.4 is 35.9 Å². The normalized spacial score (nSPS) is 11.3. The molecular weight excluding hydrogens is 736 g/mol. The summed E-state index contributed by atoms with van der Waals surface area (Å²) in [4.78, 5) is 0. The van der Waals surface area contributed by atoms with E-state index in [-0.39, 0.29) is 0 Å². The number of hydrogen-bond acceptors (Lipinski definition) is 3. The van der Waals surface area contributed by atoms with Crippen molar-refractivity contribution >= 4 is 115 Å². The molecule has 0 radical (unpaired) electrons. The van der Waals surface area contributed by atoms with E-state index in [1.54, 1.807) is 12.1 Å². The molecule has 0 fully saturated rings. The summed E-state index contributed by atoms with van der Waals surface area (Å²) in [5, 5.41) is 34.4. The molecule has 0 aliphatic rings. The van der Waals surface area contributed by atoms with Crippen molar-refractivity contribution in [3.05, 3.63) is 184 Å². The van der Waals surface area contributed by atoms with Crippen LogP contribution in [0.15, 0.2) is 164 Å². The highest BCUT2D eigenvalue weighted by molar-refractivity contribution is 8.02. The Morgan fingerprint density at radius 2 is 0.804 bits per heavy atom. The van der Waals surface area contributed by atoms with Crippen molar-refractivity contribution in [1.82, 2.24) is 0 Å². The Balaban J connectivity index is 0.000000165. The van der Waals surface area contributed by atoms with Crippen molar-refractivity contribution in [3.8, 4) is 5.75 Å². The van der Waals surface area contributed by atoms with Gasteiger partial charge >= 0.3 is 0 Å². The van der Waals surface area contributed by atoms with Gasteiger partial charge < -0.3 is 14.7 Å². The maximum absolute atomic E-state index is 10.9. The first-order valence-electron chi connectivity index (χ1n) is 16.0. The maximum atomic E-state index is 10.9. The summed E-state index contributed by atoms with van der Waals surface area (Å²) in [5.41, 5.74) is 0. The van der Waals surface area contributed by atoms with Crippen LogP contribution in [0.2, 0.25) is 20.1 Å². The molecule has 8 aromatic carbocycles. The molecular formula is C42H27BCl4O3P-. The van der Waals surface area contributed by atoms with Gasteiger partial charge in [0.15, 0.2) is 7.26 Å². The third-order valence-corrected chi connectivity index (χ3v) is 15.1. The third-order valence-electron chi connectivity index (χ3n) is 8.77. The van der Waals surface area contributed by atoms with Gasteiger partial charge in [0.25, 0.3) is 0 Å². The van der Waals surface area contributed by atoms with Crippen molar-refractivity contribution < 1.29 is 14.7 Å². The zero-order chi connectivity index (χ0) is 35.5. The van der Waals surface area contributed by atoms with Crippen LogP contribution in [0.5, 0.6) is 5.75 Å². The lowest BCUT2D eigenvalue weighted by molar-refractivity contribution is -0.372. The summed E-state index contributed by atoms with van der Waals surface area (Å²) >= 11 is 27.3. The molecule has 0 saturated heterocycles. The Labute approximate surface area is 317 Å². The van der Waals surface area contributed by atoms with Crippen LogP contribution in [0.4, 0.5) is 0 Å². The molecule has 0 spiro atoms. The topological polar surface area (TPSA) is 55.3 Å². The minimum Gasteiger partial charge on any atom is -0.860 e. The smallest absolute Gasteiger partial charge is 0.150 e. The Bertz CT molecular complexity index is 2340. The molecule has 3 nitrogen and oxygen atoms in total. The van der Waals surface area contributed by atoms with Crippen LogP contribution in [-0.2, 0) is 0 Å². The quantitative estimate of drug-likeness (QED) is 0.0735. The summed E-state index contributed by atoms with van der Waals surface area (Å²) in [7, 11) is -4.92. The first kappa shape index (κ1) is 35.3. The van der Waals surface area contributed by atoms with E-state index < -0.39 is 14.6 Å². The number of halogens is 4. The predicted octanol–water partition coefficient (Wildman–Crippen LogP) is 9.15. The van der Waals surface area contributed by atoms with Crippen molar-refractivity contribution in [2.24, 2.45) is 0 Å². The number of fused-ring (bicyclic) bond motifs is 4. The van der Waals surface area contributed by atoms with Crippen LogP contribution in [0.3, 0.4) is 0 Å². The number of benzene rings is 8. The van der Waals surface area contributed by atoms with Crippen molar-refractivity contribution in [2.45, 2.75) is 0 Å². The van der Waals surface area contributed by atoms with Crippen molar-refractivity contribution in [2.75, 3.05) is 0 Å². The van der Waals surface area contributed by atoms with Gasteiger partial charge in [-0.1, -0.05) is 143 Å². The van der Waals surface area contributed by atoms with Crippen LogP contribution in [0, 0.1) is 0 Å².